The molecule has 0 unspecified atom stereocenters. The van der Waals surface area contributed by atoms with Crippen molar-refractivity contribution in [2.75, 3.05) is 0 Å². The number of hydrogen-bond donors (Lipinski definition) is 1. The molecule has 0 aliphatic rings. The largest absolute Gasteiger partial charge is 0.308 e. The second-order valence-corrected chi connectivity index (χ2v) is 4.70. The van der Waals surface area contributed by atoms with Gasteiger partial charge in [0, 0.05) is 12.6 Å². The van der Waals surface area contributed by atoms with E-state index in [9.17, 15) is 0 Å². The number of nitrogens with zero attached hydrogens (tertiary/aromatic N) is 3. The molecule has 1 N–H and O–H groups in total. The Bertz CT molecular complexity index is 462. The number of aromatic nitrogens is 3. The molecule has 2 aromatic rings. The first-order valence-corrected chi connectivity index (χ1v) is 6.39. The summed E-state index contributed by atoms with van der Waals surface area (Å²) in [5, 5.41) is 7.75. The minimum atomic E-state index is 0.460. The van der Waals surface area contributed by atoms with E-state index in [1.807, 2.05) is 10.7 Å². The number of rotatable bonds is 6. The van der Waals surface area contributed by atoms with Crippen LogP contribution >= 0.6 is 0 Å². The SMILES string of the molecule is CC(C)NCc1ncn(CCc2ccccc2)n1. The Kier molecular flexibility index (Phi) is 4.47. The van der Waals surface area contributed by atoms with Gasteiger partial charge in [-0.05, 0) is 12.0 Å². The summed E-state index contributed by atoms with van der Waals surface area (Å²) in [4.78, 5) is 4.29. The Hall–Kier alpha value is -1.68. The highest BCUT2D eigenvalue weighted by Gasteiger charge is 2.01. The first-order chi connectivity index (χ1) is 8.74. The summed E-state index contributed by atoms with van der Waals surface area (Å²) in [6.45, 7) is 5.84. The lowest BCUT2D eigenvalue weighted by Crippen LogP contribution is -2.22. The fourth-order valence-corrected chi connectivity index (χ4v) is 1.71. The maximum absolute atomic E-state index is 4.44. The van der Waals surface area contributed by atoms with E-state index in [1.165, 1.54) is 5.56 Å². The molecule has 2 rings (SSSR count). The molecule has 18 heavy (non-hydrogen) atoms. The monoisotopic (exact) mass is 244 g/mol. The molecule has 96 valence electrons. The quantitative estimate of drug-likeness (QED) is 0.845. The van der Waals surface area contributed by atoms with Crippen LogP contribution in [0.2, 0.25) is 0 Å². The summed E-state index contributed by atoms with van der Waals surface area (Å²) >= 11 is 0. The second-order valence-electron chi connectivity index (χ2n) is 4.70. The number of aryl methyl sites for hydroxylation is 2. The molecule has 0 aliphatic carbocycles. The highest BCUT2D eigenvalue weighted by atomic mass is 15.3. The predicted octanol–water partition coefficient (Wildman–Crippen LogP) is 2.02. The third-order valence-electron chi connectivity index (χ3n) is 2.72. The van der Waals surface area contributed by atoms with E-state index in [0.717, 1.165) is 25.3 Å². The van der Waals surface area contributed by atoms with Crippen molar-refractivity contribution in [1.29, 1.82) is 0 Å². The van der Waals surface area contributed by atoms with Crippen molar-refractivity contribution in [3.8, 4) is 0 Å². The fraction of sp³-hybridized carbons (Fsp3) is 0.429. The van der Waals surface area contributed by atoms with Crippen molar-refractivity contribution in [3.63, 3.8) is 0 Å². The molecule has 1 heterocycles. The molecule has 0 amide bonds. The maximum atomic E-state index is 4.44. The molecule has 0 aliphatic heterocycles. The van der Waals surface area contributed by atoms with Crippen LogP contribution in [0.4, 0.5) is 0 Å². The minimum Gasteiger partial charge on any atom is -0.308 e. The summed E-state index contributed by atoms with van der Waals surface area (Å²) in [5.74, 6) is 0.858. The second kappa shape index (κ2) is 6.31. The Morgan fingerprint density at radius 2 is 2.00 bits per heavy atom. The van der Waals surface area contributed by atoms with Gasteiger partial charge in [-0.25, -0.2) is 4.98 Å². The smallest absolute Gasteiger partial charge is 0.164 e. The lowest BCUT2D eigenvalue weighted by molar-refractivity contribution is 0.556. The molecule has 0 saturated carbocycles. The van der Waals surface area contributed by atoms with Crippen LogP contribution in [0.25, 0.3) is 0 Å². The molecule has 0 atom stereocenters. The summed E-state index contributed by atoms with van der Waals surface area (Å²) in [6.07, 6.45) is 2.79. The van der Waals surface area contributed by atoms with Crippen LogP contribution in [-0.2, 0) is 19.5 Å². The van der Waals surface area contributed by atoms with Crippen molar-refractivity contribution in [3.05, 3.63) is 48.0 Å². The Balaban J connectivity index is 1.83. The highest BCUT2D eigenvalue weighted by Crippen LogP contribution is 2.01. The van der Waals surface area contributed by atoms with Crippen molar-refractivity contribution >= 4 is 0 Å². The number of nitrogens with one attached hydrogen (secondary N) is 1. The summed E-state index contributed by atoms with van der Waals surface area (Å²) in [6, 6.07) is 10.9. The van der Waals surface area contributed by atoms with Gasteiger partial charge in [0.2, 0.25) is 0 Å². The summed E-state index contributed by atoms with van der Waals surface area (Å²) in [5.41, 5.74) is 1.33. The van der Waals surface area contributed by atoms with Crippen molar-refractivity contribution < 1.29 is 0 Å². The summed E-state index contributed by atoms with van der Waals surface area (Å²) in [7, 11) is 0. The third-order valence-corrected chi connectivity index (χ3v) is 2.72. The van der Waals surface area contributed by atoms with Crippen LogP contribution in [0.1, 0.15) is 25.2 Å². The predicted molar refractivity (Wildman–Crippen MR) is 72.1 cm³/mol. The number of hydrogen-bond acceptors (Lipinski definition) is 3. The minimum absolute atomic E-state index is 0.460. The molecule has 0 bridgehead atoms. The van der Waals surface area contributed by atoms with Gasteiger partial charge >= 0.3 is 0 Å². The maximum Gasteiger partial charge on any atom is 0.164 e. The molecular formula is C14H20N4. The molecule has 1 aromatic heterocycles. The van der Waals surface area contributed by atoms with E-state index < -0.39 is 0 Å². The molecule has 4 nitrogen and oxygen atoms in total. The fourth-order valence-electron chi connectivity index (χ4n) is 1.71. The van der Waals surface area contributed by atoms with Crippen LogP contribution in [-0.4, -0.2) is 20.8 Å². The van der Waals surface area contributed by atoms with E-state index in [1.54, 1.807) is 6.33 Å². The van der Waals surface area contributed by atoms with Gasteiger partial charge in [0.1, 0.15) is 6.33 Å². The Labute approximate surface area is 108 Å². The van der Waals surface area contributed by atoms with Crippen LogP contribution in [0.5, 0.6) is 0 Å². The van der Waals surface area contributed by atoms with E-state index in [-0.39, 0.29) is 0 Å². The summed E-state index contributed by atoms with van der Waals surface area (Å²) < 4.78 is 1.91. The molecular weight excluding hydrogens is 224 g/mol. The zero-order chi connectivity index (χ0) is 12.8. The van der Waals surface area contributed by atoms with Gasteiger partial charge < -0.3 is 5.32 Å². The molecule has 0 radical (unpaired) electrons. The van der Waals surface area contributed by atoms with E-state index in [0.29, 0.717) is 6.04 Å². The third kappa shape index (κ3) is 3.96. The molecule has 0 fully saturated rings. The van der Waals surface area contributed by atoms with Gasteiger partial charge in [-0.2, -0.15) is 5.10 Å². The van der Waals surface area contributed by atoms with Crippen molar-refractivity contribution in [1.82, 2.24) is 20.1 Å². The van der Waals surface area contributed by atoms with Gasteiger partial charge in [-0.15, -0.1) is 0 Å². The van der Waals surface area contributed by atoms with Crippen LogP contribution in [0.15, 0.2) is 36.7 Å². The average Bonchev–Trinajstić information content (AvgIpc) is 2.83. The molecule has 0 saturated heterocycles. The van der Waals surface area contributed by atoms with Gasteiger partial charge in [-0.3, -0.25) is 4.68 Å². The Morgan fingerprint density at radius 3 is 2.72 bits per heavy atom. The van der Waals surface area contributed by atoms with Gasteiger partial charge in [0.25, 0.3) is 0 Å². The zero-order valence-corrected chi connectivity index (χ0v) is 11.0. The van der Waals surface area contributed by atoms with Gasteiger partial charge in [-0.1, -0.05) is 44.2 Å². The standard InChI is InChI=1S/C14H20N4/c1-12(2)15-10-14-16-11-18(17-14)9-8-13-6-4-3-5-7-13/h3-7,11-12,15H,8-10H2,1-2H3. The first-order valence-electron chi connectivity index (χ1n) is 6.39. The topological polar surface area (TPSA) is 42.7 Å². The van der Waals surface area contributed by atoms with Crippen LogP contribution < -0.4 is 5.32 Å². The average molecular weight is 244 g/mol. The van der Waals surface area contributed by atoms with Crippen molar-refractivity contribution in [2.45, 2.75) is 39.4 Å². The van der Waals surface area contributed by atoms with Crippen LogP contribution in [0, 0.1) is 0 Å². The highest BCUT2D eigenvalue weighted by molar-refractivity contribution is 5.14. The molecule has 0 spiro atoms. The van der Waals surface area contributed by atoms with E-state index in [2.05, 4.69) is 53.5 Å². The lowest BCUT2D eigenvalue weighted by Gasteiger charge is -2.04. The normalized spacial score (nSPS) is 11.1. The zero-order valence-electron chi connectivity index (χ0n) is 11.0. The van der Waals surface area contributed by atoms with Crippen molar-refractivity contribution in [2.24, 2.45) is 0 Å². The lowest BCUT2D eigenvalue weighted by atomic mass is 10.2. The van der Waals surface area contributed by atoms with E-state index in [4.69, 9.17) is 0 Å². The Morgan fingerprint density at radius 1 is 1.22 bits per heavy atom. The first kappa shape index (κ1) is 12.8. The van der Waals surface area contributed by atoms with Gasteiger partial charge in [0.05, 0.1) is 6.54 Å². The number of benzene rings is 1. The van der Waals surface area contributed by atoms with Crippen LogP contribution in [0.3, 0.4) is 0 Å². The van der Waals surface area contributed by atoms with Gasteiger partial charge in [0.15, 0.2) is 5.82 Å². The molecule has 4 heteroatoms. The van der Waals surface area contributed by atoms with E-state index >= 15 is 0 Å². The molecule has 1 aromatic carbocycles.